The molecule has 0 spiro atoms. The molecule has 9 heteroatoms. The van der Waals surface area contributed by atoms with Crippen molar-refractivity contribution in [2.45, 2.75) is 51.0 Å². The van der Waals surface area contributed by atoms with E-state index in [2.05, 4.69) is 4.98 Å². The minimum absolute atomic E-state index is 0.221. The summed E-state index contributed by atoms with van der Waals surface area (Å²) >= 11 is 0. The SMILES string of the molecule is CC(C)(C)OC(=O)N1CCN(C(=O)c2ncn([C@@H](CO)[C@@H](O)c3ccccc3)c2-c2ccccc2)[C@H](Cc2ccccc2)C1. The van der Waals surface area contributed by atoms with E-state index < -0.39 is 23.8 Å². The minimum atomic E-state index is -1.04. The molecule has 5 rings (SSSR count). The number of aliphatic hydroxyl groups is 2. The highest BCUT2D eigenvalue weighted by atomic mass is 16.6. The minimum Gasteiger partial charge on any atom is -0.444 e. The van der Waals surface area contributed by atoms with Gasteiger partial charge in [0.25, 0.3) is 5.91 Å². The molecular formula is C35H40N4O5. The van der Waals surface area contributed by atoms with Crippen LogP contribution < -0.4 is 0 Å². The van der Waals surface area contributed by atoms with Gasteiger partial charge in [-0.1, -0.05) is 91.0 Å². The lowest BCUT2D eigenvalue weighted by molar-refractivity contribution is 0.00429. The summed E-state index contributed by atoms with van der Waals surface area (Å²) in [6.45, 7) is 6.06. The number of hydrogen-bond donors (Lipinski definition) is 2. The molecule has 0 bridgehead atoms. The topological polar surface area (TPSA) is 108 Å². The lowest BCUT2D eigenvalue weighted by Gasteiger charge is -2.41. The van der Waals surface area contributed by atoms with Crippen LogP contribution in [0.25, 0.3) is 11.3 Å². The molecule has 3 aromatic carbocycles. The van der Waals surface area contributed by atoms with E-state index in [1.54, 1.807) is 26.5 Å². The number of carbonyl (C=O) groups is 2. The maximum atomic E-state index is 14.5. The molecule has 3 atom stereocenters. The second kappa shape index (κ2) is 13.4. The van der Waals surface area contributed by atoms with Crippen molar-refractivity contribution >= 4 is 12.0 Å². The van der Waals surface area contributed by atoms with E-state index in [9.17, 15) is 19.8 Å². The number of ether oxygens (including phenoxy) is 1. The Bertz CT molecular complexity index is 1540. The predicted molar refractivity (Wildman–Crippen MR) is 168 cm³/mol. The van der Waals surface area contributed by atoms with E-state index in [4.69, 9.17) is 4.74 Å². The number of aliphatic hydroxyl groups excluding tert-OH is 2. The first-order valence-corrected chi connectivity index (χ1v) is 14.9. The maximum Gasteiger partial charge on any atom is 0.410 e. The van der Waals surface area contributed by atoms with Crippen LogP contribution >= 0.6 is 0 Å². The molecule has 1 fully saturated rings. The van der Waals surface area contributed by atoms with Crippen LogP contribution in [0.15, 0.2) is 97.3 Å². The summed E-state index contributed by atoms with van der Waals surface area (Å²) in [6, 6.07) is 27.3. The molecule has 0 unspecified atom stereocenters. The van der Waals surface area contributed by atoms with Crippen LogP contribution in [0.2, 0.25) is 0 Å². The van der Waals surface area contributed by atoms with Crippen molar-refractivity contribution < 1.29 is 24.5 Å². The summed E-state index contributed by atoms with van der Waals surface area (Å²) < 4.78 is 7.35. The van der Waals surface area contributed by atoms with Crippen LogP contribution in [0.3, 0.4) is 0 Å². The van der Waals surface area contributed by atoms with E-state index in [0.29, 0.717) is 37.3 Å². The first-order chi connectivity index (χ1) is 21.2. The van der Waals surface area contributed by atoms with Gasteiger partial charge in [-0.05, 0) is 38.3 Å². The number of piperazine rings is 1. The first-order valence-electron chi connectivity index (χ1n) is 14.9. The molecule has 1 aliphatic rings. The second-order valence-corrected chi connectivity index (χ2v) is 12.1. The van der Waals surface area contributed by atoms with E-state index in [-0.39, 0.29) is 24.2 Å². The Labute approximate surface area is 258 Å². The van der Waals surface area contributed by atoms with Crippen molar-refractivity contribution in [2.24, 2.45) is 0 Å². The number of hydrogen-bond acceptors (Lipinski definition) is 6. The average Bonchev–Trinajstić information content (AvgIpc) is 3.46. The molecule has 2 N–H and O–H groups in total. The van der Waals surface area contributed by atoms with Crippen LogP contribution in [-0.2, 0) is 11.2 Å². The molecule has 2 heterocycles. The third-order valence-electron chi connectivity index (χ3n) is 7.80. The largest absolute Gasteiger partial charge is 0.444 e. The Kier molecular flexibility index (Phi) is 9.46. The fraction of sp³-hybridized carbons (Fsp3) is 0.343. The van der Waals surface area contributed by atoms with Crippen LogP contribution in [0.4, 0.5) is 4.79 Å². The molecule has 1 saturated heterocycles. The van der Waals surface area contributed by atoms with Crippen LogP contribution in [0, 0.1) is 0 Å². The molecule has 4 aromatic rings. The van der Waals surface area contributed by atoms with Gasteiger partial charge in [0, 0.05) is 25.2 Å². The van der Waals surface area contributed by atoms with Gasteiger partial charge in [0.15, 0.2) is 5.69 Å². The molecule has 1 aromatic heterocycles. The van der Waals surface area contributed by atoms with Gasteiger partial charge in [0.05, 0.1) is 30.7 Å². The molecule has 230 valence electrons. The smallest absolute Gasteiger partial charge is 0.410 e. The van der Waals surface area contributed by atoms with Crippen molar-refractivity contribution in [3.05, 3.63) is 114 Å². The molecule has 2 amide bonds. The highest BCUT2D eigenvalue weighted by molar-refractivity contribution is 5.98. The number of amides is 2. The van der Waals surface area contributed by atoms with E-state index in [1.807, 2.05) is 99.6 Å². The van der Waals surface area contributed by atoms with Crippen molar-refractivity contribution in [3.8, 4) is 11.3 Å². The lowest BCUT2D eigenvalue weighted by Crippen LogP contribution is -2.58. The number of imidazole rings is 1. The number of rotatable bonds is 8. The Morgan fingerprint density at radius 2 is 1.55 bits per heavy atom. The quantitative estimate of drug-likeness (QED) is 0.292. The van der Waals surface area contributed by atoms with Gasteiger partial charge in [-0.15, -0.1) is 0 Å². The highest BCUT2D eigenvalue weighted by Gasteiger charge is 2.37. The Hall–Kier alpha value is -4.47. The summed E-state index contributed by atoms with van der Waals surface area (Å²) in [5, 5.41) is 21.8. The Balaban J connectivity index is 1.51. The van der Waals surface area contributed by atoms with Gasteiger partial charge in [0.1, 0.15) is 11.7 Å². The normalized spacial score (nSPS) is 16.8. The fourth-order valence-corrected chi connectivity index (χ4v) is 5.68. The van der Waals surface area contributed by atoms with E-state index in [0.717, 1.165) is 11.1 Å². The Morgan fingerprint density at radius 1 is 0.932 bits per heavy atom. The Morgan fingerprint density at radius 3 is 2.16 bits per heavy atom. The molecular weight excluding hydrogens is 556 g/mol. The molecule has 9 nitrogen and oxygen atoms in total. The average molecular weight is 597 g/mol. The predicted octanol–water partition coefficient (Wildman–Crippen LogP) is 5.12. The summed E-state index contributed by atoms with van der Waals surface area (Å²) in [5.41, 5.74) is 2.52. The number of aromatic nitrogens is 2. The van der Waals surface area contributed by atoms with Gasteiger partial charge in [-0.25, -0.2) is 9.78 Å². The molecule has 44 heavy (non-hydrogen) atoms. The summed E-state index contributed by atoms with van der Waals surface area (Å²) in [7, 11) is 0. The highest BCUT2D eigenvalue weighted by Crippen LogP contribution is 2.34. The van der Waals surface area contributed by atoms with Gasteiger partial charge >= 0.3 is 6.09 Å². The fourth-order valence-electron chi connectivity index (χ4n) is 5.68. The summed E-state index contributed by atoms with van der Waals surface area (Å²) in [4.78, 5) is 35.5. The van der Waals surface area contributed by atoms with E-state index >= 15 is 0 Å². The number of carbonyl (C=O) groups excluding carboxylic acids is 2. The van der Waals surface area contributed by atoms with Crippen LogP contribution in [0.1, 0.15) is 54.5 Å². The standard InChI is InChI=1S/C35H40N4O5/c1-35(2,3)44-34(43)37-19-20-38(28(22-37)21-25-13-7-4-8-14-25)33(42)30-31(26-15-9-5-10-16-26)39(24-36-30)29(23-40)32(41)27-17-11-6-12-18-27/h4-18,24,28-29,32,40-41H,19-23H2,1-3H3/t28-,29+,32+/m1/s1. The molecule has 0 saturated carbocycles. The zero-order valence-corrected chi connectivity index (χ0v) is 25.4. The first kappa shape index (κ1) is 31.0. The zero-order valence-electron chi connectivity index (χ0n) is 25.4. The third-order valence-corrected chi connectivity index (χ3v) is 7.80. The van der Waals surface area contributed by atoms with Gasteiger partial charge < -0.3 is 29.3 Å². The van der Waals surface area contributed by atoms with Crippen molar-refractivity contribution in [1.29, 1.82) is 0 Å². The van der Waals surface area contributed by atoms with Crippen molar-refractivity contribution in [3.63, 3.8) is 0 Å². The van der Waals surface area contributed by atoms with Crippen LogP contribution in [-0.4, -0.2) is 79.4 Å². The van der Waals surface area contributed by atoms with E-state index in [1.165, 1.54) is 6.33 Å². The third kappa shape index (κ3) is 7.01. The second-order valence-electron chi connectivity index (χ2n) is 12.1. The molecule has 1 aliphatic heterocycles. The van der Waals surface area contributed by atoms with Gasteiger partial charge in [0.2, 0.25) is 0 Å². The van der Waals surface area contributed by atoms with Crippen LogP contribution in [0.5, 0.6) is 0 Å². The molecule has 0 radical (unpaired) electrons. The monoisotopic (exact) mass is 596 g/mol. The molecule has 0 aliphatic carbocycles. The van der Waals surface area contributed by atoms with Gasteiger partial charge in [-0.3, -0.25) is 4.79 Å². The number of nitrogens with zero attached hydrogens (tertiary/aromatic N) is 4. The number of benzene rings is 3. The zero-order chi connectivity index (χ0) is 31.3. The maximum absolute atomic E-state index is 14.5. The summed E-state index contributed by atoms with van der Waals surface area (Å²) in [5.74, 6) is -0.279. The van der Waals surface area contributed by atoms with Crippen molar-refractivity contribution in [1.82, 2.24) is 19.4 Å². The van der Waals surface area contributed by atoms with Crippen molar-refractivity contribution in [2.75, 3.05) is 26.2 Å². The summed E-state index contributed by atoms with van der Waals surface area (Å²) in [6.07, 6.45) is 0.618. The lowest BCUT2D eigenvalue weighted by atomic mass is 10.00. The van der Waals surface area contributed by atoms with Gasteiger partial charge in [-0.2, -0.15) is 0 Å².